The molecule has 0 aliphatic carbocycles. The maximum atomic E-state index is 5.82. The van der Waals surface area contributed by atoms with Gasteiger partial charge in [-0.05, 0) is 41.8 Å². The van der Waals surface area contributed by atoms with Crippen LogP contribution in [0.15, 0.2) is 42.5 Å². The van der Waals surface area contributed by atoms with Gasteiger partial charge in [0.05, 0.1) is 12.6 Å². The van der Waals surface area contributed by atoms with Gasteiger partial charge >= 0.3 is 0 Å². The minimum atomic E-state index is 0.548. The third kappa shape index (κ3) is 2.25. The van der Waals surface area contributed by atoms with E-state index < -0.39 is 0 Å². The quantitative estimate of drug-likeness (QED) is 0.754. The summed E-state index contributed by atoms with van der Waals surface area (Å²) in [4.78, 5) is 0. The van der Waals surface area contributed by atoms with E-state index in [0.29, 0.717) is 5.82 Å². The summed E-state index contributed by atoms with van der Waals surface area (Å²) in [5.74, 6) is 1.42. The van der Waals surface area contributed by atoms with Crippen LogP contribution >= 0.6 is 0 Å². The van der Waals surface area contributed by atoms with Crippen LogP contribution in [-0.4, -0.2) is 17.3 Å². The number of nitrogens with zero attached hydrogens (tertiary/aromatic N) is 1. The highest BCUT2D eigenvalue weighted by Crippen LogP contribution is 2.21. The lowest BCUT2D eigenvalue weighted by Gasteiger charge is -2.04. The van der Waals surface area contributed by atoms with Crippen molar-refractivity contribution < 1.29 is 4.74 Å². The summed E-state index contributed by atoms with van der Waals surface area (Å²) >= 11 is 0. The highest BCUT2D eigenvalue weighted by atomic mass is 16.5. The number of benzene rings is 2. The van der Waals surface area contributed by atoms with Crippen LogP contribution in [0.25, 0.3) is 10.9 Å². The van der Waals surface area contributed by atoms with E-state index in [0.717, 1.165) is 23.1 Å². The van der Waals surface area contributed by atoms with Gasteiger partial charge in [0.2, 0.25) is 0 Å². The Kier molecular flexibility index (Phi) is 2.83. The average molecular weight is 253 g/mol. The lowest BCUT2D eigenvalue weighted by atomic mass is 10.0. The number of fused-ring (bicyclic) bond motifs is 1. The number of nitrogen functional groups attached to an aromatic ring is 1. The van der Waals surface area contributed by atoms with E-state index in [-0.39, 0.29) is 0 Å². The molecular formula is C15H15N3O. The molecule has 96 valence electrons. The molecule has 4 nitrogen and oxygen atoms in total. The largest absolute Gasteiger partial charge is 0.497 e. The Morgan fingerprint density at radius 3 is 2.58 bits per heavy atom. The normalized spacial score (nSPS) is 10.8. The van der Waals surface area contributed by atoms with Crippen molar-refractivity contribution in [3.8, 4) is 5.75 Å². The summed E-state index contributed by atoms with van der Waals surface area (Å²) in [6.45, 7) is 0. The van der Waals surface area contributed by atoms with Crippen LogP contribution in [0.1, 0.15) is 11.1 Å². The molecule has 0 amide bonds. The molecule has 19 heavy (non-hydrogen) atoms. The van der Waals surface area contributed by atoms with Gasteiger partial charge in [0, 0.05) is 5.39 Å². The number of aromatic nitrogens is 2. The van der Waals surface area contributed by atoms with Gasteiger partial charge in [-0.2, -0.15) is 5.10 Å². The van der Waals surface area contributed by atoms with Gasteiger partial charge in [0.25, 0.3) is 0 Å². The van der Waals surface area contributed by atoms with Gasteiger partial charge in [0.1, 0.15) is 5.75 Å². The van der Waals surface area contributed by atoms with Crippen LogP contribution in [0.3, 0.4) is 0 Å². The standard InChI is InChI=1S/C15H15N3O/c1-19-12-5-2-10(3-6-12)8-11-4-7-14-13(9-11)15(16)18-17-14/h2-7,9H,8H2,1H3,(H3,16,17,18). The van der Waals surface area contributed by atoms with E-state index in [9.17, 15) is 0 Å². The number of nitrogens with one attached hydrogen (secondary N) is 1. The molecule has 0 radical (unpaired) electrons. The molecule has 2 aromatic carbocycles. The molecule has 0 spiro atoms. The van der Waals surface area contributed by atoms with E-state index in [4.69, 9.17) is 10.5 Å². The van der Waals surface area contributed by atoms with Crippen LogP contribution in [0.5, 0.6) is 5.75 Å². The summed E-state index contributed by atoms with van der Waals surface area (Å²) in [7, 11) is 1.67. The predicted molar refractivity (Wildman–Crippen MR) is 76.3 cm³/mol. The molecule has 0 saturated heterocycles. The molecular weight excluding hydrogens is 238 g/mol. The summed E-state index contributed by atoms with van der Waals surface area (Å²) < 4.78 is 5.15. The molecule has 1 aromatic heterocycles. The Morgan fingerprint density at radius 1 is 1.11 bits per heavy atom. The van der Waals surface area contributed by atoms with Crippen molar-refractivity contribution in [3.05, 3.63) is 53.6 Å². The monoisotopic (exact) mass is 253 g/mol. The second-order valence-electron chi connectivity index (χ2n) is 4.51. The topological polar surface area (TPSA) is 63.9 Å². The van der Waals surface area contributed by atoms with Crippen molar-refractivity contribution in [2.75, 3.05) is 12.8 Å². The Balaban J connectivity index is 1.89. The molecule has 0 atom stereocenters. The summed E-state index contributed by atoms with van der Waals surface area (Å²) in [5, 5.41) is 7.88. The maximum absolute atomic E-state index is 5.82. The second-order valence-corrected chi connectivity index (χ2v) is 4.51. The Morgan fingerprint density at radius 2 is 1.84 bits per heavy atom. The third-order valence-corrected chi connectivity index (χ3v) is 3.22. The number of anilines is 1. The number of aromatic amines is 1. The zero-order valence-electron chi connectivity index (χ0n) is 10.7. The molecule has 1 heterocycles. The summed E-state index contributed by atoms with van der Waals surface area (Å²) in [6, 6.07) is 14.3. The van der Waals surface area contributed by atoms with Crippen LogP contribution in [0, 0.1) is 0 Å². The van der Waals surface area contributed by atoms with Crippen molar-refractivity contribution in [1.82, 2.24) is 10.2 Å². The van der Waals surface area contributed by atoms with Crippen molar-refractivity contribution >= 4 is 16.7 Å². The average Bonchev–Trinajstić information content (AvgIpc) is 2.81. The summed E-state index contributed by atoms with van der Waals surface area (Å²) in [5.41, 5.74) is 9.24. The Hall–Kier alpha value is -2.49. The number of hydrogen-bond acceptors (Lipinski definition) is 3. The van der Waals surface area contributed by atoms with Gasteiger partial charge in [-0.1, -0.05) is 18.2 Å². The zero-order chi connectivity index (χ0) is 13.2. The molecule has 0 unspecified atom stereocenters. The van der Waals surface area contributed by atoms with E-state index in [2.05, 4.69) is 34.5 Å². The van der Waals surface area contributed by atoms with Gasteiger partial charge in [-0.25, -0.2) is 0 Å². The number of ether oxygens (including phenoxy) is 1. The lowest BCUT2D eigenvalue weighted by Crippen LogP contribution is -1.90. The number of methoxy groups -OCH3 is 1. The van der Waals surface area contributed by atoms with Crippen LogP contribution in [0.2, 0.25) is 0 Å². The fraction of sp³-hybridized carbons (Fsp3) is 0.133. The first-order valence-corrected chi connectivity index (χ1v) is 6.11. The van der Waals surface area contributed by atoms with Crippen LogP contribution < -0.4 is 10.5 Å². The first kappa shape index (κ1) is 11.6. The Bertz CT molecular complexity index is 701. The SMILES string of the molecule is COc1ccc(Cc2ccc3[nH]nc(N)c3c2)cc1. The number of H-pyrrole nitrogens is 1. The molecule has 4 heteroatoms. The highest BCUT2D eigenvalue weighted by Gasteiger charge is 2.04. The van der Waals surface area contributed by atoms with Crippen LogP contribution in [-0.2, 0) is 6.42 Å². The predicted octanol–water partition coefficient (Wildman–Crippen LogP) is 2.74. The lowest BCUT2D eigenvalue weighted by molar-refractivity contribution is 0.414. The number of rotatable bonds is 3. The number of nitrogens with two attached hydrogens (primary N) is 1. The third-order valence-electron chi connectivity index (χ3n) is 3.22. The number of hydrogen-bond donors (Lipinski definition) is 2. The molecule has 0 bridgehead atoms. The van der Waals surface area contributed by atoms with E-state index in [1.165, 1.54) is 11.1 Å². The summed E-state index contributed by atoms with van der Waals surface area (Å²) in [6.07, 6.45) is 0.866. The maximum Gasteiger partial charge on any atom is 0.153 e. The Labute approximate surface area is 111 Å². The highest BCUT2D eigenvalue weighted by molar-refractivity contribution is 5.89. The van der Waals surface area contributed by atoms with Crippen molar-refractivity contribution in [2.24, 2.45) is 0 Å². The first-order valence-electron chi connectivity index (χ1n) is 6.11. The zero-order valence-corrected chi connectivity index (χ0v) is 10.7. The molecule has 0 aliphatic rings. The minimum Gasteiger partial charge on any atom is -0.497 e. The smallest absolute Gasteiger partial charge is 0.153 e. The molecule has 3 aromatic rings. The first-order chi connectivity index (χ1) is 9.26. The van der Waals surface area contributed by atoms with E-state index >= 15 is 0 Å². The van der Waals surface area contributed by atoms with Crippen molar-refractivity contribution in [3.63, 3.8) is 0 Å². The fourth-order valence-corrected chi connectivity index (χ4v) is 2.17. The molecule has 0 aliphatic heterocycles. The fourth-order valence-electron chi connectivity index (χ4n) is 2.17. The van der Waals surface area contributed by atoms with Gasteiger partial charge in [-0.3, -0.25) is 5.10 Å². The van der Waals surface area contributed by atoms with Crippen LogP contribution in [0.4, 0.5) is 5.82 Å². The van der Waals surface area contributed by atoms with Crippen molar-refractivity contribution in [1.29, 1.82) is 0 Å². The molecule has 0 saturated carbocycles. The van der Waals surface area contributed by atoms with Crippen molar-refractivity contribution in [2.45, 2.75) is 6.42 Å². The van der Waals surface area contributed by atoms with E-state index in [1.807, 2.05) is 18.2 Å². The van der Waals surface area contributed by atoms with Gasteiger partial charge < -0.3 is 10.5 Å². The molecule has 3 N–H and O–H groups in total. The second kappa shape index (κ2) is 4.65. The minimum absolute atomic E-state index is 0.548. The molecule has 3 rings (SSSR count). The van der Waals surface area contributed by atoms with Gasteiger partial charge in [0.15, 0.2) is 5.82 Å². The molecule has 0 fully saturated rings. The van der Waals surface area contributed by atoms with E-state index in [1.54, 1.807) is 7.11 Å². The van der Waals surface area contributed by atoms with Gasteiger partial charge in [-0.15, -0.1) is 0 Å².